The molecule has 0 aliphatic rings. The molecule has 0 unspecified atom stereocenters. The number of carbonyl (C=O) groups excluding carboxylic acids is 2. The molecule has 0 aliphatic carbocycles. The van der Waals surface area contributed by atoms with Crippen molar-refractivity contribution in [3.63, 3.8) is 0 Å². The third kappa shape index (κ3) is 6.89. The van der Waals surface area contributed by atoms with Gasteiger partial charge in [0.05, 0.1) is 13.0 Å². The Morgan fingerprint density at radius 1 is 1.06 bits per heavy atom. The molecule has 3 rings (SSSR count). The molecule has 7 nitrogen and oxygen atoms in total. The molecule has 1 aromatic heterocycles. The molecule has 0 saturated carbocycles. The number of hydrogen-bond acceptors (Lipinski definition) is 5. The van der Waals surface area contributed by atoms with E-state index in [1.165, 1.54) is 18.3 Å². The fourth-order valence-corrected chi connectivity index (χ4v) is 3.53. The highest BCUT2D eigenvalue weighted by molar-refractivity contribution is 6.30. The first-order valence-corrected chi connectivity index (χ1v) is 10.7. The van der Waals surface area contributed by atoms with Crippen molar-refractivity contribution in [2.75, 3.05) is 6.61 Å². The first-order valence-electron chi connectivity index (χ1n) is 10.4. The van der Waals surface area contributed by atoms with Crippen molar-refractivity contribution in [3.05, 3.63) is 88.7 Å². The number of ether oxygens (including phenoxy) is 1. The van der Waals surface area contributed by atoms with Crippen LogP contribution in [-0.4, -0.2) is 40.6 Å². The molecule has 8 heteroatoms. The molecule has 2 N–H and O–H groups in total. The zero-order chi connectivity index (χ0) is 23.8. The zero-order valence-electron chi connectivity index (χ0n) is 18.0. The molecule has 0 aliphatic heterocycles. The van der Waals surface area contributed by atoms with E-state index in [2.05, 4.69) is 10.3 Å². The highest BCUT2D eigenvalue weighted by Gasteiger charge is 2.20. The lowest BCUT2D eigenvalue weighted by Gasteiger charge is -2.19. The SMILES string of the molecule is CCOC(=O)C[C@@H](Cc1ccc(-c2cccc(Cl)c2)cc1)NC(=O)c1ccnc(C(=O)O)c1. The number of nitrogens with one attached hydrogen (secondary N) is 1. The normalized spacial score (nSPS) is 11.5. The van der Waals surface area contributed by atoms with Crippen molar-refractivity contribution < 1.29 is 24.2 Å². The summed E-state index contributed by atoms with van der Waals surface area (Å²) in [4.78, 5) is 39.7. The Labute approximate surface area is 196 Å². The van der Waals surface area contributed by atoms with Gasteiger partial charge < -0.3 is 15.2 Å². The molecule has 0 radical (unpaired) electrons. The quantitative estimate of drug-likeness (QED) is 0.453. The Morgan fingerprint density at radius 3 is 2.48 bits per heavy atom. The van der Waals surface area contributed by atoms with Crippen LogP contribution >= 0.6 is 11.6 Å². The molecule has 1 amide bonds. The van der Waals surface area contributed by atoms with E-state index in [0.717, 1.165) is 16.7 Å². The molecule has 0 spiro atoms. The second-order valence-corrected chi connectivity index (χ2v) is 7.76. The van der Waals surface area contributed by atoms with Crippen molar-refractivity contribution in [1.82, 2.24) is 10.3 Å². The Morgan fingerprint density at radius 2 is 1.82 bits per heavy atom. The maximum absolute atomic E-state index is 12.7. The van der Waals surface area contributed by atoms with Crippen LogP contribution in [0.5, 0.6) is 0 Å². The van der Waals surface area contributed by atoms with Crippen molar-refractivity contribution >= 4 is 29.4 Å². The largest absolute Gasteiger partial charge is 0.477 e. The monoisotopic (exact) mass is 466 g/mol. The molecular formula is C25H23ClN2O5. The minimum absolute atomic E-state index is 0.0213. The summed E-state index contributed by atoms with van der Waals surface area (Å²) in [5, 5.41) is 12.6. The van der Waals surface area contributed by atoms with Crippen LogP contribution in [0.2, 0.25) is 5.02 Å². The van der Waals surface area contributed by atoms with Crippen LogP contribution in [-0.2, 0) is 16.0 Å². The number of nitrogens with zero attached hydrogens (tertiary/aromatic N) is 1. The van der Waals surface area contributed by atoms with Crippen molar-refractivity contribution in [2.24, 2.45) is 0 Å². The molecule has 0 bridgehead atoms. The average Bonchev–Trinajstić information content (AvgIpc) is 2.79. The van der Waals surface area contributed by atoms with Gasteiger partial charge in [-0.3, -0.25) is 9.59 Å². The van der Waals surface area contributed by atoms with E-state index in [4.69, 9.17) is 21.4 Å². The van der Waals surface area contributed by atoms with Gasteiger partial charge in [0.25, 0.3) is 5.91 Å². The fourth-order valence-electron chi connectivity index (χ4n) is 3.34. The average molecular weight is 467 g/mol. The lowest BCUT2D eigenvalue weighted by molar-refractivity contribution is -0.143. The molecule has 1 heterocycles. The van der Waals surface area contributed by atoms with E-state index in [0.29, 0.717) is 11.4 Å². The second-order valence-electron chi connectivity index (χ2n) is 7.33. The molecule has 33 heavy (non-hydrogen) atoms. The summed E-state index contributed by atoms with van der Waals surface area (Å²) < 4.78 is 5.05. The Hall–Kier alpha value is -3.71. The first-order chi connectivity index (χ1) is 15.9. The maximum atomic E-state index is 12.7. The third-order valence-electron chi connectivity index (χ3n) is 4.89. The molecule has 0 saturated heterocycles. The van der Waals surface area contributed by atoms with Crippen LogP contribution in [0.1, 0.15) is 39.8 Å². The van der Waals surface area contributed by atoms with Gasteiger partial charge in [0.2, 0.25) is 0 Å². The predicted molar refractivity (Wildman–Crippen MR) is 124 cm³/mol. The number of pyridine rings is 1. The minimum atomic E-state index is -1.23. The zero-order valence-corrected chi connectivity index (χ0v) is 18.7. The van der Waals surface area contributed by atoms with E-state index in [9.17, 15) is 14.4 Å². The van der Waals surface area contributed by atoms with Crippen molar-refractivity contribution in [3.8, 4) is 11.1 Å². The number of carboxylic acids is 1. The van der Waals surface area contributed by atoms with E-state index in [1.807, 2.05) is 48.5 Å². The number of carbonyl (C=O) groups is 3. The van der Waals surface area contributed by atoms with Crippen molar-refractivity contribution in [2.45, 2.75) is 25.8 Å². The van der Waals surface area contributed by atoms with Gasteiger partial charge in [-0.25, -0.2) is 9.78 Å². The maximum Gasteiger partial charge on any atom is 0.354 e. The summed E-state index contributed by atoms with van der Waals surface area (Å²) in [6.07, 6.45) is 1.62. The Kier molecular flexibility index (Phi) is 8.16. The number of aromatic carboxylic acids is 1. The first kappa shape index (κ1) is 23.9. The number of amides is 1. The molecule has 2 aromatic carbocycles. The molecule has 3 aromatic rings. The van der Waals surface area contributed by atoms with Gasteiger partial charge in [0.15, 0.2) is 0 Å². The van der Waals surface area contributed by atoms with Gasteiger partial charge >= 0.3 is 11.9 Å². The van der Waals surface area contributed by atoms with Crippen LogP contribution in [0.15, 0.2) is 66.9 Å². The lowest BCUT2D eigenvalue weighted by Crippen LogP contribution is -2.38. The van der Waals surface area contributed by atoms with Crippen LogP contribution < -0.4 is 5.32 Å². The summed E-state index contributed by atoms with van der Waals surface area (Å²) in [5.41, 5.74) is 2.80. The number of benzene rings is 2. The van der Waals surface area contributed by atoms with Crippen LogP contribution in [0, 0.1) is 0 Å². The third-order valence-corrected chi connectivity index (χ3v) is 5.12. The van der Waals surface area contributed by atoms with Gasteiger partial charge in [-0.15, -0.1) is 0 Å². The summed E-state index contributed by atoms with van der Waals surface area (Å²) in [6, 6.07) is 17.3. The topological polar surface area (TPSA) is 106 Å². The van der Waals surface area contributed by atoms with Gasteiger partial charge in [0, 0.05) is 22.8 Å². The second kappa shape index (κ2) is 11.2. The van der Waals surface area contributed by atoms with Crippen LogP contribution in [0.4, 0.5) is 0 Å². The number of rotatable bonds is 9. The lowest BCUT2D eigenvalue weighted by atomic mass is 9.99. The fraction of sp³-hybridized carbons (Fsp3) is 0.200. The van der Waals surface area contributed by atoms with Gasteiger partial charge in [-0.2, -0.15) is 0 Å². The summed E-state index contributed by atoms with van der Waals surface area (Å²) in [5.74, 6) is -2.16. The van der Waals surface area contributed by atoms with E-state index in [1.54, 1.807) is 6.92 Å². The molecule has 0 fully saturated rings. The Bertz CT molecular complexity index is 1150. The Balaban J connectivity index is 1.76. The summed E-state index contributed by atoms with van der Waals surface area (Å²) >= 11 is 6.07. The summed E-state index contributed by atoms with van der Waals surface area (Å²) in [7, 11) is 0. The van der Waals surface area contributed by atoms with Gasteiger partial charge in [0.1, 0.15) is 5.69 Å². The standard InChI is InChI=1S/C25H23ClN2O5/c1-2-33-23(29)15-21(28-24(30)19-10-11-27-22(14-19)25(31)32)12-16-6-8-17(9-7-16)18-4-3-5-20(26)13-18/h3-11,13-14,21H,2,12,15H2,1H3,(H,28,30)(H,31,32)/t21-/m1/s1. The number of esters is 1. The van der Waals surface area contributed by atoms with E-state index < -0.39 is 23.9 Å². The number of hydrogen-bond donors (Lipinski definition) is 2. The highest BCUT2D eigenvalue weighted by Crippen LogP contribution is 2.23. The molecule has 1 atom stereocenters. The number of aromatic nitrogens is 1. The smallest absolute Gasteiger partial charge is 0.354 e. The summed E-state index contributed by atoms with van der Waals surface area (Å²) in [6.45, 7) is 1.95. The minimum Gasteiger partial charge on any atom is -0.477 e. The van der Waals surface area contributed by atoms with Gasteiger partial charge in [-0.05, 0) is 54.3 Å². The molecular weight excluding hydrogens is 444 g/mol. The van der Waals surface area contributed by atoms with E-state index >= 15 is 0 Å². The van der Waals surface area contributed by atoms with Crippen LogP contribution in [0.25, 0.3) is 11.1 Å². The molecule has 170 valence electrons. The van der Waals surface area contributed by atoms with Gasteiger partial charge in [-0.1, -0.05) is 48.0 Å². The highest BCUT2D eigenvalue weighted by atomic mass is 35.5. The van der Waals surface area contributed by atoms with E-state index in [-0.39, 0.29) is 24.3 Å². The van der Waals surface area contributed by atoms with Crippen molar-refractivity contribution in [1.29, 1.82) is 0 Å². The number of carboxylic acid groups (broad SMARTS) is 1. The van der Waals surface area contributed by atoms with Crippen LogP contribution in [0.3, 0.4) is 0 Å². The predicted octanol–water partition coefficient (Wildman–Crippen LogP) is 4.39. The number of halogens is 1.